The van der Waals surface area contributed by atoms with Gasteiger partial charge in [0.25, 0.3) is 11.8 Å². The van der Waals surface area contributed by atoms with Crippen LogP contribution in [0.1, 0.15) is 24.2 Å². The molecule has 1 aromatic heterocycles. The summed E-state index contributed by atoms with van der Waals surface area (Å²) in [6, 6.07) is 16.0. The zero-order valence-electron chi connectivity index (χ0n) is 18.0. The van der Waals surface area contributed by atoms with E-state index >= 15 is 0 Å². The van der Waals surface area contributed by atoms with Gasteiger partial charge < -0.3 is 19.7 Å². The number of hydrogen-bond donors (Lipinski definition) is 1. The second-order valence-electron chi connectivity index (χ2n) is 7.42. The first-order chi connectivity index (χ1) is 15.5. The van der Waals surface area contributed by atoms with Crippen molar-refractivity contribution in [3.63, 3.8) is 0 Å². The molecule has 7 nitrogen and oxygen atoms in total. The molecule has 3 aromatic rings. The van der Waals surface area contributed by atoms with Gasteiger partial charge in [0.1, 0.15) is 16.5 Å². The van der Waals surface area contributed by atoms with Crippen LogP contribution in [-0.2, 0) is 4.79 Å². The first kappa shape index (κ1) is 21.7. The highest BCUT2D eigenvalue weighted by Crippen LogP contribution is 2.42. The molecule has 1 aliphatic heterocycles. The standard InChI is InChI=1S/C24H23N3O4S/c1-15(2)27-20-11-6-16(13-21(20)32-23-19(24(27)29)5-4-12-25-23)26-22(28)14-31-18-9-7-17(30-3)8-10-18/h4-13,15H,14H2,1-3H3,(H,26,28). The van der Waals surface area contributed by atoms with E-state index in [1.165, 1.54) is 11.8 Å². The van der Waals surface area contributed by atoms with Crippen molar-refractivity contribution in [2.75, 3.05) is 23.9 Å². The summed E-state index contributed by atoms with van der Waals surface area (Å²) in [4.78, 5) is 32.6. The smallest absolute Gasteiger partial charge is 0.262 e. The number of anilines is 2. The molecule has 2 amide bonds. The van der Waals surface area contributed by atoms with Crippen molar-refractivity contribution in [2.45, 2.75) is 29.8 Å². The molecule has 0 saturated heterocycles. The Morgan fingerprint density at radius 3 is 2.59 bits per heavy atom. The fraction of sp³-hybridized carbons (Fsp3) is 0.208. The highest BCUT2D eigenvalue weighted by Gasteiger charge is 2.30. The van der Waals surface area contributed by atoms with Gasteiger partial charge in [-0.15, -0.1) is 0 Å². The highest BCUT2D eigenvalue weighted by atomic mass is 32.2. The summed E-state index contributed by atoms with van der Waals surface area (Å²) in [6.07, 6.45) is 1.67. The molecule has 0 aliphatic carbocycles. The molecule has 1 N–H and O–H groups in total. The maximum absolute atomic E-state index is 13.1. The summed E-state index contributed by atoms with van der Waals surface area (Å²) in [5, 5.41) is 3.51. The molecule has 8 heteroatoms. The number of benzene rings is 2. The van der Waals surface area contributed by atoms with Crippen LogP contribution in [0.15, 0.2) is 70.7 Å². The van der Waals surface area contributed by atoms with Crippen molar-refractivity contribution in [2.24, 2.45) is 0 Å². The Labute approximate surface area is 190 Å². The van der Waals surface area contributed by atoms with Crippen LogP contribution in [0.5, 0.6) is 11.5 Å². The number of fused-ring (bicyclic) bond motifs is 2. The van der Waals surface area contributed by atoms with Gasteiger partial charge in [-0.25, -0.2) is 4.98 Å². The van der Waals surface area contributed by atoms with Crippen LogP contribution in [0, 0.1) is 0 Å². The fourth-order valence-corrected chi connectivity index (χ4v) is 4.43. The monoisotopic (exact) mass is 449 g/mol. The molecule has 0 atom stereocenters. The third-order valence-corrected chi connectivity index (χ3v) is 5.94. The van der Waals surface area contributed by atoms with Crippen molar-refractivity contribution >= 4 is 35.0 Å². The highest BCUT2D eigenvalue weighted by molar-refractivity contribution is 7.99. The number of aromatic nitrogens is 1. The predicted octanol–water partition coefficient (Wildman–Crippen LogP) is 4.63. The average Bonchev–Trinajstić information content (AvgIpc) is 2.91. The van der Waals surface area contributed by atoms with Gasteiger partial charge in [-0.1, -0.05) is 11.8 Å². The zero-order valence-corrected chi connectivity index (χ0v) is 18.8. The van der Waals surface area contributed by atoms with Crippen molar-refractivity contribution in [3.05, 3.63) is 66.4 Å². The number of ether oxygens (including phenoxy) is 2. The van der Waals surface area contributed by atoms with Gasteiger partial charge in [0, 0.05) is 22.8 Å². The number of nitrogens with zero attached hydrogens (tertiary/aromatic N) is 2. The summed E-state index contributed by atoms with van der Waals surface area (Å²) in [5.41, 5.74) is 1.98. The van der Waals surface area contributed by atoms with E-state index in [1.54, 1.807) is 60.7 Å². The number of hydrogen-bond acceptors (Lipinski definition) is 6. The van der Waals surface area contributed by atoms with Crippen molar-refractivity contribution in [1.29, 1.82) is 0 Å². The maximum Gasteiger partial charge on any atom is 0.262 e. The fourth-order valence-electron chi connectivity index (χ4n) is 3.38. The van der Waals surface area contributed by atoms with E-state index in [0.717, 1.165) is 10.6 Å². The van der Waals surface area contributed by atoms with E-state index in [9.17, 15) is 9.59 Å². The molecule has 0 fully saturated rings. The van der Waals surface area contributed by atoms with Crippen LogP contribution in [0.4, 0.5) is 11.4 Å². The molecule has 0 spiro atoms. The second kappa shape index (κ2) is 9.32. The molecule has 0 bridgehead atoms. The predicted molar refractivity (Wildman–Crippen MR) is 124 cm³/mol. The van der Waals surface area contributed by atoms with Crippen molar-refractivity contribution in [1.82, 2.24) is 4.98 Å². The zero-order chi connectivity index (χ0) is 22.7. The molecule has 0 radical (unpaired) electrons. The van der Waals surface area contributed by atoms with E-state index in [1.807, 2.05) is 26.0 Å². The second-order valence-corrected chi connectivity index (χ2v) is 8.45. The largest absolute Gasteiger partial charge is 0.497 e. The minimum absolute atomic E-state index is 0.0358. The lowest BCUT2D eigenvalue weighted by atomic mass is 10.1. The first-order valence-corrected chi connectivity index (χ1v) is 10.9. The van der Waals surface area contributed by atoms with Crippen LogP contribution in [0.2, 0.25) is 0 Å². The Morgan fingerprint density at radius 2 is 1.88 bits per heavy atom. The van der Waals surface area contributed by atoms with E-state index < -0.39 is 0 Å². The van der Waals surface area contributed by atoms with E-state index in [0.29, 0.717) is 27.8 Å². The topological polar surface area (TPSA) is 80.8 Å². The number of pyridine rings is 1. The molecule has 1 aliphatic rings. The Morgan fingerprint density at radius 1 is 1.12 bits per heavy atom. The van der Waals surface area contributed by atoms with Gasteiger partial charge >= 0.3 is 0 Å². The molecule has 32 heavy (non-hydrogen) atoms. The number of carbonyl (C=O) groups is 2. The quantitative estimate of drug-likeness (QED) is 0.591. The normalized spacial score (nSPS) is 12.6. The molecule has 0 unspecified atom stereocenters. The molecule has 4 rings (SSSR count). The Balaban J connectivity index is 1.52. The van der Waals surface area contributed by atoms with Crippen LogP contribution in [0.3, 0.4) is 0 Å². The van der Waals surface area contributed by atoms with Gasteiger partial charge in [-0.3, -0.25) is 9.59 Å². The van der Waals surface area contributed by atoms with Crippen molar-refractivity contribution < 1.29 is 19.1 Å². The van der Waals surface area contributed by atoms with Gasteiger partial charge in [0.2, 0.25) is 0 Å². The molecular formula is C24H23N3O4S. The first-order valence-electron chi connectivity index (χ1n) is 10.1. The third kappa shape index (κ3) is 4.55. The Hall–Kier alpha value is -3.52. The lowest BCUT2D eigenvalue weighted by Crippen LogP contribution is -2.37. The minimum atomic E-state index is -0.283. The SMILES string of the molecule is COc1ccc(OCC(=O)Nc2ccc3c(c2)Sc2ncccc2C(=O)N3C(C)C)cc1. The van der Waals surface area contributed by atoms with Crippen molar-refractivity contribution in [3.8, 4) is 11.5 Å². The number of methoxy groups -OCH3 is 1. The van der Waals surface area contributed by atoms with Gasteiger partial charge in [-0.05, 0) is 68.4 Å². The lowest BCUT2D eigenvalue weighted by molar-refractivity contribution is -0.118. The van der Waals surface area contributed by atoms with Crippen LogP contribution >= 0.6 is 11.8 Å². The lowest BCUT2D eigenvalue weighted by Gasteiger charge is -2.27. The van der Waals surface area contributed by atoms with Crippen LogP contribution in [0.25, 0.3) is 0 Å². The van der Waals surface area contributed by atoms with Gasteiger partial charge in [-0.2, -0.15) is 0 Å². The Bertz CT molecular complexity index is 1150. The Kier molecular flexibility index (Phi) is 6.32. The number of rotatable bonds is 6. The number of carbonyl (C=O) groups excluding carboxylic acids is 2. The molecular weight excluding hydrogens is 426 g/mol. The van der Waals surface area contributed by atoms with Crippen LogP contribution < -0.4 is 19.7 Å². The number of amides is 2. The van der Waals surface area contributed by atoms with E-state index in [-0.39, 0.29) is 24.5 Å². The van der Waals surface area contributed by atoms with Gasteiger partial charge in [0.15, 0.2) is 6.61 Å². The summed E-state index contributed by atoms with van der Waals surface area (Å²) < 4.78 is 10.7. The minimum Gasteiger partial charge on any atom is -0.497 e. The summed E-state index contributed by atoms with van der Waals surface area (Å²) in [7, 11) is 1.59. The summed E-state index contributed by atoms with van der Waals surface area (Å²) in [5.74, 6) is 0.926. The average molecular weight is 450 g/mol. The summed E-state index contributed by atoms with van der Waals surface area (Å²) in [6.45, 7) is 3.82. The summed E-state index contributed by atoms with van der Waals surface area (Å²) >= 11 is 1.42. The molecule has 164 valence electrons. The molecule has 2 aromatic carbocycles. The van der Waals surface area contributed by atoms with Crippen LogP contribution in [-0.4, -0.2) is 36.6 Å². The third-order valence-electron chi connectivity index (χ3n) is 4.88. The van der Waals surface area contributed by atoms with E-state index in [2.05, 4.69) is 10.3 Å². The van der Waals surface area contributed by atoms with Gasteiger partial charge in [0.05, 0.1) is 18.4 Å². The maximum atomic E-state index is 13.1. The van der Waals surface area contributed by atoms with E-state index in [4.69, 9.17) is 9.47 Å². The molecule has 2 heterocycles. The number of nitrogens with one attached hydrogen (secondary N) is 1. The molecule has 0 saturated carbocycles.